The summed E-state index contributed by atoms with van der Waals surface area (Å²) >= 11 is 0. The van der Waals surface area contributed by atoms with Crippen molar-refractivity contribution in [3.8, 4) is 0 Å². The van der Waals surface area contributed by atoms with Gasteiger partial charge in [0.25, 0.3) is 0 Å². The molecule has 58 valence electrons. The van der Waals surface area contributed by atoms with E-state index in [0.717, 1.165) is 25.3 Å². The first-order valence-electron chi connectivity index (χ1n) is 3.50. The lowest BCUT2D eigenvalue weighted by Gasteiger charge is -2.03. The highest BCUT2D eigenvalue weighted by molar-refractivity contribution is 5.84. The Hall–Kier alpha value is -0.570. The minimum atomic E-state index is 0.486. The Balaban J connectivity index is 2.39. The molecule has 1 unspecified atom stereocenters. The van der Waals surface area contributed by atoms with Gasteiger partial charge in [-0.25, -0.2) is 0 Å². The maximum Gasteiger partial charge on any atom is 0.106 e. The normalized spacial score (nSPS) is 27.0. The zero-order valence-corrected chi connectivity index (χ0v) is 6.46. The molecule has 0 N–H and O–H groups in total. The van der Waals surface area contributed by atoms with Gasteiger partial charge in [-0.05, 0) is 13.3 Å². The Bertz CT molecular complexity index is 128. The van der Waals surface area contributed by atoms with Crippen molar-refractivity contribution < 1.29 is 9.57 Å². The molecule has 1 saturated heterocycles. The number of oxime groups is 1. The molecule has 1 fully saturated rings. The maximum absolute atomic E-state index is 5.19. The van der Waals surface area contributed by atoms with Crippen LogP contribution in [0.25, 0.3) is 0 Å². The van der Waals surface area contributed by atoms with E-state index in [1.54, 1.807) is 7.11 Å². The van der Waals surface area contributed by atoms with Gasteiger partial charge in [-0.3, -0.25) is 0 Å². The average molecular weight is 143 g/mol. The van der Waals surface area contributed by atoms with Crippen molar-refractivity contribution in [2.45, 2.75) is 13.3 Å². The fourth-order valence-electron chi connectivity index (χ4n) is 1.08. The minimum Gasteiger partial charge on any atom is -0.399 e. The molecule has 1 atom stereocenters. The van der Waals surface area contributed by atoms with Gasteiger partial charge in [0.15, 0.2) is 0 Å². The second-order valence-electron chi connectivity index (χ2n) is 2.48. The second-order valence-corrected chi connectivity index (χ2v) is 2.48. The van der Waals surface area contributed by atoms with Crippen LogP contribution in [0.4, 0.5) is 0 Å². The maximum atomic E-state index is 5.19. The van der Waals surface area contributed by atoms with Gasteiger partial charge < -0.3 is 9.57 Å². The molecule has 0 saturated carbocycles. The van der Waals surface area contributed by atoms with Crippen molar-refractivity contribution in [3.63, 3.8) is 0 Å². The van der Waals surface area contributed by atoms with Crippen molar-refractivity contribution >= 4 is 5.71 Å². The Morgan fingerprint density at radius 2 is 2.50 bits per heavy atom. The van der Waals surface area contributed by atoms with E-state index in [2.05, 4.69) is 9.99 Å². The number of rotatable bonds is 2. The van der Waals surface area contributed by atoms with E-state index in [1.165, 1.54) is 0 Å². The van der Waals surface area contributed by atoms with Gasteiger partial charge in [0.05, 0.1) is 12.3 Å². The first kappa shape index (κ1) is 7.54. The lowest BCUT2D eigenvalue weighted by Crippen LogP contribution is -2.10. The molecule has 1 rings (SSSR count). The molecule has 0 aromatic heterocycles. The number of hydrogen-bond donors (Lipinski definition) is 0. The van der Waals surface area contributed by atoms with E-state index in [9.17, 15) is 0 Å². The lowest BCUT2D eigenvalue weighted by molar-refractivity contribution is 0.189. The summed E-state index contributed by atoms with van der Waals surface area (Å²) in [6.07, 6.45) is 1.08. The largest absolute Gasteiger partial charge is 0.399 e. The molecule has 0 aliphatic carbocycles. The van der Waals surface area contributed by atoms with Crippen LogP contribution >= 0.6 is 0 Å². The molecule has 0 aromatic rings. The van der Waals surface area contributed by atoms with Gasteiger partial charge in [-0.2, -0.15) is 0 Å². The van der Waals surface area contributed by atoms with Crippen LogP contribution in [0.1, 0.15) is 13.3 Å². The number of hydrogen-bond acceptors (Lipinski definition) is 3. The van der Waals surface area contributed by atoms with Crippen molar-refractivity contribution in [2.75, 3.05) is 20.3 Å². The van der Waals surface area contributed by atoms with Crippen LogP contribution in [0.3, 0.4) is 0 Å². The van der Waals surface area contributed by atoms with Gasteiger partial charge in [0, 0.05) is 12.5 Å². The molecule has 0 spiro atoms. The zero-order valence-electron chi connectivity index (χ0n) is 6.46. The Labute approximate surface area is 61.0 Å². The van der Waals surface area contributed by atoms with E-state index >= 15 is 0 Å². The van der Waals surface area contributed by atoms with Crippen LogP contribution in [-0.2, 0) is 9.57 Å². The van der Waals surface area contributed by atoms with Crippen molar-refractivity contribution in [1.82, 2.24) is 0 Å². The first-order valence-corrected chi connectivity index (χ1v) is 3.50. The minimum absolute atomic E-state index is 0.486. The summed E-state index contributed by atoms with van der Waals surface area (Å²) < 4.78 is 5.19. The SMILES string of the molecule is CO/N=C(\C)C1CCOC1. The van der Waals surface area contributed by atoms with Crippen LogP contribution in [-0.4, -0.2) is 26.0 Å². The third kappa shape index (κ3) is 1.70. The fourth-order valence-corrected chi connectivity index (χ4v) is 1.08. The first-order chi connectivity index (χ1) is 4.84. The van der Waals surface area contributed by atoms with E-state index < -0.39 is 0 Å². The Morgan fingerprint density at radius 1 is 1.70 bits per heavy atom. The zero-order chi connectivity index (χ0) is 7.40. The molecule has 0 aromatic carbocycles. The monoisotopic (exact) mass is 143 g/mol. The smallest absolute Gasteiger partial charge is 0.106 e. The molecule has 1 heterocycles. The predicted octanol–water partition coefficient (Wildman–Crippen LogP) is 1.05. The third-order valence-electron chi connectivity index (χ3n) is 1.76. The highest BCUT2D eigenvalue weighted by atomic mass is 16.6. The summed E-state index contributed by atoms with van der Waals surface area (Å²) in [5.41, 5.74) is 1.04. The Kier molecular flexibility index (Phi) is 2.68. The number of ether oxygens (including phenoxy) is 1. The summed E-state index contributed by atoms with van der Waals surface area (Å²) in [4.78, 5) is 4.65. The summed E-state index contributed by atoms with van der Waals surface area (Å²) in [5, 5.41) is 3.84. The summed E-state index contributed by atoms with van der Waals surface area (Å²) in [6, 6.07) is 0. The van der Waals surface area contributed by atoms with Crippen molar-refractivity contribution in [3.05, 3.63) is 0 Å². The molecule has 1 aliphatic rings. The van der Waals surface area contributed by atoms with Crippen LogP contribution in [0, 0.1) is 5.92 Å². The Morgan fingerprint density at radius 3 is 3.00 bits per heavy atom. The molecule has 3 heteroatoms. The van der Waals surface area contributed by atoms with Crippen LogP contribution in [0.5, 0.6) is 0 Å². The summed E-state index contributed by atoms with van der Waals surface area (Å²) in [6.45, 7) is 3.64. The predicted molar refractivity (Wildman–Crippen MR) is 39.0 cm³/mol. The molecule has 1 aliphatic heterocycles. The van der Waals surface area contributed by atoms with Gasteiger partial charge in [-0.15, -0.1) is 0 Å². The highest BCUT2D eigenvalue weighted by Gasteiger charge is 2.18. The van der Waals surface area contributed by atoms with E-state index in [0.29, 0.717) is 5.92 Å². The van der Waals surface area contributed by atoms with Crippen LogP contribution in [0.15, 0.2) is 5.16 Å². The average Bonchev–Trinajstić information content (AvgIpc) is 2.38. The summed E-state index contributed by atoms with van der Waals surface area (Å²) in [5.74, 6) is 0.486. The van der Waals surface area contributed by atoms with Gasteiger partial charge in [0.2, 0.25) is 0 Å². The van der Waals surface area contributed by atoms with E-state index in [-0.39, 0.29) is 0 Å². The molecule has 0 amide bonds. The highest BCUT2D eigenvalue weighted by Crippen LogP contribution is 2.13. The molecular weight excluding hydrogens is 130 g/mol. The number of nitrogens with zero attached hydrogens (tertiary/aromatic N) is 1. The van der Waals surface area contributed by atoms with Crippen molar-refractivity contribution in [2.24, 2.45) is 11.1 Å². The van der Waals surface area contributed by atoms with Crippen LogP contribution < -0.4 is 0 Å². The van der Waals surface area contributed by atoms with Gasteiger partial charge >= 0.3 is 0 Å². The molecular formula is C7H13NO2. The van der Waals surface area contributed by atoms with E-state index in [1.807, 2.05) is 6.92 Å². The molecule has 3 nitrogen and oxygen atoms in total. The summed E-state index contributed by atoms with van der Waals surface area (Å²) in [7, 11) is 1.57. The van der Waals surface area contributed by atoms with Gasteiger partial charge in [-0.1, -0.05) is 5.16 Å². The molecule has 0 bridgehead atoms. The topological polar surface area (TPSA) is 30.8 Å². The van der Waals surface area contributed by atoms with Crippen molar-refractivity contribution in [1.29, 1.82) is 0 Å². The molecule has 0 radical (unpaired) electrons. The fraction of sp³-hybridized carbons (Fsp3) is 0.857. The van der Waals surface area contributed by atoms with Gasteiger partial charge in [0.1, 0.15) is 7.11 Å². The van der Waals surface area contributed by atoms with Crippen LogP contribution in [0.2, 0.25) is 0 Å². The molecule has 10 heavy (non-hydrogen) atoms. The quantitative estimate of drug-likeness (QED) is 0.427. The lowest BCUT2D eigenvalue weighted by atomic mass is 10.1. The van der Waals surface area contributed by atoms with E-state index in [4.69, 9.17) is 4.74 Å². The second kappa shape index (κ2) is 3.56. The third-order valence-corrected chi connectivity index (χ3v) is 1.76. The standard InChI is InChI=1S/C7H13NO2/c1-6(8-9-2)7-3-4-10-5-7/h7H,3-5H2,1-2H3/b8-6+.